The van der Waals surface area contributed by atoms with E-state index in [1.165, 1.54) is 5.56 Å². The minimum Gasteiger partial charge on any atom is -0.494 e. The number of amides is 1. The second kappa shape index (κ2) is 10.4. The maximum Gasteiger partial charge on any atom is 0.234 e. The van der Waals surface area contributed by atoms with Crippen molar-refractivity contribution in [3.8, 4) is 5.75 Å². The summed E-state index contributed by atoms with van der Waals surface area (Å²) in [5, 5.41) is 3.59. The van der Waals surface area contributed by atoms with Crippen LogP contribution < -0.4 is 10.1 Å². The van der Waals surface area contributed by atoms with Gasteiger partial charge in [0.2, 0.25) is 5.91 Å². The van der Waals surface area contributed by atoms with Gasteiger partial charge in [0, 0.05) is 10.7 Å². The molecular formula is C20H24ClNO2S. The van der Waals surface area contributed by atoms with Crippen molar-refractivity contribution in [1.29, 1.82) is 0 Å². The fraction of sp³-hybridized carbons (Fsp3) is 0.350. The summed E-state index contributed by atoms with van der Waals surface area (Å²) in [5.41, 5.74) is 3.09. The van der Waals surface area contributed by atoms with E-state index in [0.29, 0.717) is 17.4 Å². The van der Waals surface area contributed by atoms with Crippen LogP contribution in [-0.4, -0.2) is 24.0 Å². The quantitative estimate of drug-likeness (QED) is 0.598. The summed E-state index contributed by atoms with van der Waals surface area (Å²) in [5.74, 6) is 2.23. The standard InChI is InChI=1S/C20H24ClNO2S/c1-3-16-5-8-18(9-6-16)24-11-4-12-25-14-20(23)22-19-10-7-17(21)13-15(19)2/h5-10,13H,3-4,11-12,14H2,1-2H3,(H,22,23). The Labute approximate surface area is 159 Å². The van der Waals surface area contributed by atoms with Gasteiger partial charge in [-0.3, -0.25) is 4.79 Å². The highest BCUT2D eigenvalue weighted by Crippen LogP contribution is 2.20. The number of hydrogen-bond acceptors (Lipinski definition) is 3. The average molecular weight is 378 g/mol. The highest BCUT2D eigenvalue weighted by molar-refractivity contribution is 7.99. The zero-order valence-electron chi connectivity index (χ0n) is 14.7. The molecule has 0 aliphatic carbocycles. The van der Waals surface area contributed by atoms with Crippen molar-refractivity contribution >= 4 is 35.0 Å². The Morgan fingerprint density at radius 2 is 1.96 bits per heavy atom. The molecule has 2 aromatic carbocycles. The van der Waals surface area contributed by atoms with Gasteiger partial charge >= 0.3 is 0 Å². The van der Waals surface area contributed by atoms with E-state index >= 15 is 0 Å². The van der Waals surface area contributed by atoms with Gasteiger partial charge in [-0.05, 0) is 67.0 Å². The van der Waals surface area contributed by atoms with E-state index in [0.717, 1.165) is 35.6 Å². The van der Waals surface area contributed by atoms with Gasteiger partial charge in [-0.2, -0.15) is 11.8 Å². The molecule has 25 heavy (non-hydrogen) atoms. The maximum absolute atomic E-state index is 12.0. The fourth-order valence-corrected chi connectivity index (χ4v) is 3.24. The molecule has 0 fully saturated rings. The lowest BCUT2D eigenvalue weighted by Crippen LogP contribution is -2.15. The van der Waals surface area contributed by atoms with Crippen LogP contribution in [0.5, 0.6) is 5.75 Å². The van der Waals surface area contributed by atoms with Crippen LogP contribution in [0.2, 0.25) is 5.02 Å². The van der Waals surface area contributed by atoms with Gasteiger partial charge in [0.05, 0.1) is 12.4 Å². The van der Waals surface area contributed by atoms with E-state index in [2.05, 4.69) is 24.4 Å². The number of carbonyl (C=O) groups excluding carboxylic acids is 1. The Bertz CT molecular complexity index is 689. The number of anilines is 1. The van der Waals surface area contributed by atoms with E-state index in [1.54, 1.807) is 17.8 Å². The minimum atomic E-state index is 0.00601. The van der Waals surface area contributed by atoms with Gasteiger partial charge < -0.3 is 10.1 Å². The number of rotatable bonds is 9. The molecule has 0 atom stereocenters. The van der Waals surface area contributed by atoms with Crippen molar-refractivity contribution in [3.63, 3.8) is 0 Å². The van der Waals surface area contributed by atoms with Crippen molar-refractivity contribution < 1.29 is 9.53 Å². The number of carbonyl (C=O) groups is 1. The molecule has 0 aromatic heterocycles. The highest BCUT2D eigenvalue weighted by atomic mass is 35.5. The molecule has 5 heteroatoms. The number of thioether (sulfide) groups is 1. The van der Waals surface area contributed by atoms with Crippen LogP contribution in [0.1, 0.15) is 24.5 Å². The van der Waals surface area contributed by atoms with Crippen LogP contribution in [0.3, 0.4) is 0 Å². The lowest BCUT2D eigenvalue weighted by atomic mass is 10.2. The first kappa shape index (κ1) is 19.7. The molecule has 0 saturated heterocycles. The molecule has 0 aliphatic heterocycles. The molecule has 2 rings (SSSR count). The number of benzene rings is 2. The summed E-state index contributed by atoms with van der Waals surface area (Å²) in [6, 6.07) is 13.6. The molecule has 1 amide bonds. The lowest BCUT2D eigenvalue weighted by molar-refractivity contribution is -0.113. The summed E-state index contributed by atoms with van der Waals surface area (Å²) >= 11 is 7.53. The molecule has 0 spiro atoms. The number of hydrogen-bond donors (Lipinski definition) is 1. The number of ether oxygens (including phenoxy) is 1. The number of nitrogens with one attached hydrogen (secondary N) is 1. The zero-order valence-corrected chi connectivity index (χ0v) is 16.3. The summed E-state index contributed by atoms with van der Waals surface area (Å²) in [7, 11) is 0. The van der Waals surface area contributed by atoms with Gasteiger partial charge in [-0.25, -0.2) is 0 Å². The average Bonchev–Trinajstić information content (AvgIpc) is 2.61. The highest BCUT2D eigenvalue weighted by Gasteiger charge is 2.05. The zero-order chi connectivity index (χ0) is 18.1. The summed E-state index contributed by atoms with van der Waals surface area (Å²) in [6.45, 7) is 4.73. The minimum absolute atomic E-state index is 0.00601. The molecule has 0 bridgehead atoms. The van der Waals surface area contributed by atoms with E-state index < -0.39 is 0 Å². The van der Waals surface area contributed by atoms with Crippen LogP contribution in [0.15, 0.2) is 42.5 Å². The third-order valence-corrected chi connectivity index (χ3v) is 5.01. The normalized spacial score (nSPS) is 10.5. The van der Waals surface area contributed by atoms with Crippen molar-refractivity contribution in [2.24, 2.45) is 0 Å². The second-order valence-electron chi connectivity index (χ2n) is 5.76. The van der Waals surface area contributed by atoms with Crippen LogP contribution in [0, 0.1) is 6.92 Å². The van der Waals surface area contributed by atoms with Crippen molar-refractivity contribution in [3.05, 3.63) is 58.6 Å². The Morgan fingerprint density at radius 1 is 1.20 bits per heavy atom. The Balaban J connectivity index is 1.59. The topological polar surface area (TPSA) is 38.3 Å². The molecule has 134 valence electrons. The molecule has 0 saturated carbocycles. The van der Waals surface area contributed by atoms with E-state index in [-0.39, 0.29) is 5.91 Å². The molecular weight excluding hydrogens is 354 g/mol. The van der Waals surface area contributed by atoms with Crippen molar-refractivity contribution in [2.75, 3.05) is 23.4 Å². The third kappa shape index (κ3) is 7.00. The Kier molecular flexibility index (Phi) is 8.16. The van der Waals surface area contributed by atoms with E-state index in [9.17, 15) is 4.79 Å². The van der Waals surface area contributed by atoms with Gasteiger partial charge in [0.1, 0.15) is 5.75 Å². The van der Waals surface area contributed by atoms with Gasteiger partial charge in [-0.1, -0.05) is 30.7 Å². The Hall–Kier alpha value is -1.65. The predicted molar refractivity (Wildman–Crippen MR) is 108 cm³/mol. The molecule has 2 aromatic rings. The van der Waals surface area contributed by atoms with Gasteiger partial charge in [0.25, 0.3) is 0 Å². The molecule has 0 radical (unpaired) electrons. The largest absolute Gasteiger partial charge is 0.494 e. The van der Waals surface area contributed by atoms with E-state index in [4.69, 9.17) is 16.3 Å². The Morgan fingerprint density at radius 3 is 2.64 bits per heavy atom. The van der Waals surface area contributed by atoms with Gasteiger partial charge in [-0.15, -0.1) is 0 Å². The molecule has 1 N–H and O–H groups in total. The van der Waals surface area contributed by atoms with Crippen molar-refractivity contribution in [1.82, 2.24) is 0 Å². The SMILES string of the molecule is CCc1ccc(OCCCSCC(=O)Nc2ccc(Cl)cc2C)cc1. The fourth-order valence-electron chi connectivity index (χ4n) is 2.29. The van der Waals surface area contributed by atoms with Crippen LogP contribution in [0.4, 0.5) is 5.69 Å². The molecule has 0 heterocycles. The van der Waals surface area contributed by atoms with Crippen LogP contribution in [-0.2, 0) is 11.2 Å². The monoisotopic (exact) mass is 377 g/mol. The summed E-state index contributed by atoms with van der Waals surface area (Å²) in [6.07, 6.45) is 1.95. The van der Waals surface area contributed by atoms with Crippen LogP contribution >= 0.6 is 23.4 Å². The maximum atomic E-state index is 12.0. The van der Waals surface area contributed by atoms with Gasteiger partial charge in [0.15, 0.2) is 0 Å². The van der Waals surface area contributed by atoms with Crippen molar-refractivity contribution in [2.45, 2.75) is 26.7 Å². The molecule has 0 unspecified atom stereocenters. The lowest BCUT2D eigenvalue weighted by Gasteiger charge is -2.09. The molecule has 0 aliphatic rings. The first-order valence-electron chi connectivity index (χ1n) is 8.44. The van der Waals surface area contributed by atoms with Crippen LogP contribution in [0.25, 0.3) is 0 Å². The molecule has 3 nitrogen and oxygen atoms in total. The third-order valence-electron chi connectivity index (χ3n) is 3.73. The number of aryl methyl sites for hydroxylation is 2. The summed E-state index contributed by atoms with van der Waals surface area (Å²) in [4.78, 5) is 12.0. The second-order valence-corrected chi connectivity index (χ2v) is 7.30. The van der Waals surface area contributed by atoms with E-state index in [1.807, 2.05) is 31.2 Å². The predicted octanol–water partition coefficient (Wildman–Crippen LogP) is 5.35. The number of halogens is 1. The first-order valence-corrected chi connectivity index (χ1v) is 9.97. The smallest absolute Gasteiger partial charge is 0.234 e. The summed E-state index contributed by atoms with van der Waals surface area (Å²) < 4.78 is 5.71. The first-order chi connectivity index (χ1) is 12.1.